The SMILES string of the molecule is CC(=O)N1CCn2nc(-c3ccc(F)cc3)c(-c3ccnn4cc(C(C)(C)O)nc34)c2C1. The van der Waals surface area contributed by atoms with E-state index in [1.165, 1.54) is 12.1 Å². The summed E-state index contributed by atoms with van der Waals surface area (Å²) in [5.41, 5.74) is 3.87. The first-order valence-electron chi connectivity index (χ1n) is 10.4. The van der Waals surface area contributed by atoms with E-state index in [1.54, 1.807) is 54.7 Å². The van der Waals surface area contributed by atoms with Crippen molar-refractivity contribution in [1.29, 1.82) is 0 Å². The van der Waals surface area contributed by atoms with Gasteiger partial charge >= 0.3 is 0 Å². The predicted octanol–water partition coefficient (Wildman–Crippen LogP) is 2.99. The van der Waals surface area contributed by atoms with Gasteiger partial charge in [0.05, 0.1) is 30.7 Å². The van der Waals surface area contributed by atoms with Gasteiger partial charge < -0.3 is 10.0 Å². The third-order valence-corrected chi connectivity index (χ3v) is 5.80. The lowest BCUT2D eigenvalue weighted by atomic mass is 9.99. The molecule has 1 N–H and O–H groups in total. The van der Waals surface area contributed by atoms with Crippen LogP contribution in [0.4, 0.5) is 4.39 Å². The number of carbonyl (C=O) groups excluding carboxylic acids is 1. The van der Waals surface area contributed by atoms with E-state index < -0.39 is 5.60 Å². The summed E-state index contributed by atoms with van der Waals surface area (Å²) in [7, 11) is 0. The number of carbonyl (C=O) groups is 1. The van der Waals surface area contributed by atoms with Crippen LogP contribution in [0.5, 0.6) is 0 Å². The highest BCUT2D eigenvalue weighted by atomic mass is 19.1. The second-order valence-electron chi connectivity index (χ2n) is 8.54. The summed E-state index contributed by atoms with van der Waals surface area (Å²) in [4.78, 5) is 18.5. The lowest BCUT2D eigenvalue weighted by molar-refractivity contribution is -0.130. The molecule has 0 atom stereocenters. The highest BCUT2D eigenvalue weighted by Gasteiger charge is 2.29. The van der Waals surface area contributed by atoms with Gasteiger partial charge in [-0.1, -0.05) is 0 Å². The van der Waals surface area contributed by atoms with E-state index in [2.05, 4.69) is 10.1 Å². The number of halogens is 1. The van der Waals surface area contributed by atoms with Crippen molar-refractivity contribution in [2.24, 2.45) is 0 Å². The average molecular weight is 434 g/mol. The summed E-state index contributed by atoms with van der Waals surface area (Å²) in [6.45, 7) is 6.45. The quantitative estimate of drug-likeness (QED) is 0.536. The molecular weight excluding hydrogens is 411 g/mol. The maximum Gasteiger partial charge on any atom is 0.219 e. The largest absolute Gasteiger partial charge is 0.384 e. The zero-order chi connectivity index (χ0) is 22.6. The molecule has 0 bridgehead atoms. The van der Waals surface area contributed by atoms with Crippen molar-refractivity contribution in [3.8, 4) is 22.4 Å². The number of fused-ring (bicyclic) bond motifs is 2. The number of rotatable bonds is 3. The number of amides is 1. The Labute approximate surface area is 183 Å². The minimum absolute atomic E-state index is 0.00302. The zero-order valence-corrected chi connectivity index (χ0v) is 18.1. The minimum atomic E-state index is -1.13. The lowest BCUT2D eigenvalue weighted by Crippen LogP contribution is -2.37. The Morgan fingerprint density at radius 3 is 2.59 bits per heavy atom. The van der Waals surface area contributed by atoms with Gasteiger partial charge in [0.15, 0.2) is 5.65 Å². The van der Waals surface area contributed by atoms with E-state index in [1.807, 2.05) is 10.7 Å². The molecule has 4 aromatic rings. The van der Waals surface area contributed by atoms with E-state index in [4.69, 9.17) is 5.10 Å². The highest BCUT2D eigenvalue weighted by molar-refractivity contribution is 5.89. The Morgan fingerprint density at radius 1 is 1.16 bits per heavy atom. The third kappa shape index (κ3) is 3.34. The van der Waals surface area contributed by atoms with Crippen LogP contribution < -0.4 is 0 Å². The Morgan fingerprint density at radius 2 is 1.91 bits per heavy atom. The molecule has 1 amide bonds. The topological polar surface area (TPSA) is 88.6 Å². The Hall–Kier alpha value is -3.59. The fraction of sp³-hybridized carbons (Fsp3) is 0.304. The van der Waals surface area contributed by atoms with Crippen molar-refractivity contribution in [2.45, 2.75) is 39.5 Å². The van der Waals surface area contributed by atoms with Crippen molar-refractivity contribution in [3.05, 3.63) is 59.9 Å². The van der Waals surface area contributed by atoms with E-state index in [9.17, 15) is 14.3 Å². The molecule has 0 spiro atoms. The number of benzene rings is 1. The number of imidazole rings is 1. The van der Waals surface area contributed by atoms with Crippen molar-refractivity contribution in [3.63, 3.8) is 0 Å². The van der Waals surface area contributed by atoms with Gasteiger partial charge in [0, 0.05) is 36.4 Å². The van der Waals surface area contributed by atoms with Crippen LogP contribution in [0.3, 0.4) is 0 Å². The van der Waals surface area contributed by atoms with Crippen molar-refractivity contribution < 1.29 is 14.3 Å². The van der Waals surface area contributed by atoms with Crippen LogP contribution in [0.2, 0.25) is 0 Å². The molecule has 1 aliphatic heterocycles. The highest BCUT2D eigenvalue weighted by Crippen LogP contribution is 2.38. The molecule has 0 radical (unpaired) electrons. The Kier molecular flexibility index (Phi) is 4.59. The Bertz CT molecular complexity index is 1330. The first-order chi connectivity index (χ1) is 15.2. The Balaban J connectivity index is 1.78. The van der Waals surface area contributed by atoms with Crippen LogP contribution in [0.15, 0.2) is 42.7 Å². The van der Waals surface area contributed by atoms with Crippen LogP contribution in [0, 0.1) is 5.82 Å². The molecule has 8 nitrogen and oxygen atoms in total. The van der Waals surface area contributed by atoms with Crippen LogP contribution >= 0.6 is 0 Å². The molecule has 9 heteroatoms. The predicted molar refractivity (Wildman–Crippen MR) is 116 cm³/mol. The molecular formula is C23H23FN6O2. The fourth-order valence-corrected chi connectivity index (χ4v) is 4.07. The van der Waals surface area contributed by atoms with Crippen LogP contribution in [-0.4, -0.2) is 46.8 Å². The monoisotopic (exact) mass is 434 g/mol. The lowest BCUT2D eigenvalue weighted by Gasteiger charge is -2.27. The average Bonchev–Trinajstić information content (AvgIpc) is 3.35. The number of nitrogens with zero attached hydrogens (tertiary/aromatic N) is 6. The molecule has 164 valence electrons. The molecule has 0 fully saturated rings. The molecule has 3 aromatic heterocycles. The second-order valence-corrected chi connectivity index (χ2v) is 8.54. The van der Waals surface area contributed by atoms with Gasteiger partial charge in [-0.25, -0.2) is 13.9 Å². The van der Waals surface area contributed by atoms with E-state index in [0.717, 1.165) is 22.4 Å². The van der Waals surface area contributed by atoms with Crippen LogP contribution in [0.25, 0.3) is 28.0 Å². The zero-order valence-electron chi connectivity index (χ0n) is 18.1. The molecule has 0 saturated heterocycles. The van der Waals surface area contributed by atoms with Crippen molar-refractivity contribution in [1.82, 2.24) is 29.3 Å². The van der Waals surface area contributed by atoms with Crippen molar-refractivity contribution in [2.75, 3.05) is 6.54 Å². The van der Waals surface area contributed by atoms with Gasteiger partial charge in [0.25, 0.3) is 0 Å². The van der Waals surface area contributed by atoms with Crippen LogP contribution in [0.1, 0.15) is 32.2 Å². The van der Waals surface area contributed by atoms with Gasteiger partial charge in [-0.2, -0.15) is 10.2 Å². The van der Waals surface area contributed by atoms with Gasteiger partial charge in [0.2, 0.25) is 5.91 Å². The summed E-state index contributed by atoms with van der Waals surface area (Å²) < 4.78 is 17.1. The molecule has 0 unspecified atom stereocenters. The molecule has 0 saturated carbocycles. The molecule has 1 aliphatic rings. The summed E-state index contributed by atoms with van der Waals surface area (Å²) in [5.74, 6) is -0.326. The van der Waals surface area contributed by atoms with E-state index >= 15 is 0 Å². The molecule has 0 aliphatic carbocycles. The standard InChI is InChI=1S/C23H23FN6O2/c1-14(31)28-10-11-29-18(12-28)20(21(27-29)15-4-6-16(24)7-5-15)17-8-9-25-30-13-19(23(2,3)32)26-22(17)30/h4-9,13,32H,10-12H2,1-3H3. The molecule has 5 rings (SSSR count). The smallest absolute Gasteiger partial charge is 0.219 e. The molecule has 32 heavy (non-hydrogen) atoms. The van der Waals surface area contributed by atoms with Crippen LogP contribution in [-0.2, 0) is 23.5 Å². The first-order valence-corrected chi connectivity index (χ1v) is 10.4. The van der Waals surface area contributed by atoms with Gasteiger partial charge in [-0.3, -0.25) is 9.48 Å². The second kappa shape index (κ2) is 7.23. The molecule has 4 heterocycles. The number of hydrogen-bond donors (Lipinski definition) is 1. The van der Waals surface area contributed by atoms with Crippen molar-refractivity contribution >= 4 is 11.6 Å². The van der Waals surface area contributed by atoms with E-state index in [0.29, 0.717) is 36.7 Å². The van der Waals surface area contributed by atoms with E-state index in [-0.39, 0.29) is 11.7 Å². The summed E-state index contributed by atoms with van der Waals surface area (Å²) in [6.07, 6.45) is 3.37. The van der Waals surface area contributed by atoms with Gasteiger partial charge in [0.1, 0.15) is 17.1 Å². The van der Waals surface area contributed by atoms with Gasteiger partial charge in [-0.05, 0) is 44.2 Å². The maximum absolute atomic E-state index is 13.6. The number of aliphatic hydroxyl groups is 1. The maximum atomic E-state index is 13.6. The number of aromatic nitrogens is 5. The summed E-state index contributed by atoms with van der Waals surface area (Å²) in [5, 5.41) is 19.6. The fourth-order valence-electron chi connectivity index (χ4n) is 4.07. The minimum Gasteiger partial charge on any atom is -0.384 e. The first kappa shape index (κ1) is 20.3. The normalized spacial score (nSPS) is 14.1. The third-order valence-electron chi connectivity index (χ3n) is 5.80. The van der Waals surface area contributed by atoms with Gasteiger partial charge in [-0.15, -0.1) is 0 Å². The molecule has 1 aromatic carbocycles. The summed E-state index contributed by atoms with van der Waals surface area (Å²) >= 11 is 0. The number of hydrogen-bond acceptors (Lipinski definition) is 5. The summed E-state index contributed by atoms with van der Waals surface area (Å²) in [6, 6.07) is 8.06.